The molecule has 1 aromatic rings. The summed E-state index contributed by atoms with van der Waals surface area (Å²) in [5.74, 6) is -1.01. The molecule has 0 atom stereocenters. The number of rotatable bonds is 4. The number of urea groups is 1. The zero-order chi connectivity index (χ0) is 15.5. The molecule has 0 radical (unpaired) electrons. The van der Waals surface area contributed by atoms with Crippen LogP contribution in [0.3, 0.4) is 0 Å². The zero-order valence-electron chi connectivity index (χ0n) is 10.8. The average Bonchev–Trinajstić information content (AvgIpc) is 2.22. The number of carboxylic acid groups (broad SMARTS) is 1. The van der Waals surface area contributed by atoms with Crippen LogP contribution in [0.5, 0.6) is 0 Å². The van der Waals surface area contributed by atoms with Crippen LogP contribution in [0.1, 0.15) is 20.3 Å². The van der Waals surface area contributed by atoms with E-state index in [1.165, 1.54) is 12.1 Å². The van der Waals surface area contributed by atoms with Crippen LogP contribution in [0.4, 0.5) is 10.5 Å². The molecule has 1 aromatic carbocycles. The minimum absolute atomic E-state index is 0.213. The molecule has 5 nitrogen and oxygen atoms in total. The number of carboxylic acids is 1. The van der Waals surface area contributed by atoms with Gasteiger partial charge in [0.15, 0.2) is 0 Å². The van der Waals surface area contributed by atoms with Gasteiger partial charge in [-0.2, -0.15) is 0 Å². The van der Waals surface area contributed by atoms with Gasteiger partial charge < -0.3 is 15.7 Å². The average molecular weight is 340 g/mol. The van der Waals surface area contributed by atoms with E-state index in [-0.39, 0.29) is 27.2 Å². The van der Waals surface area contributed by atoms with Gasteiger partial charge in [0, 0.05) is 5.54 Å². The fourth-order valence-corrected chi connectivity index (χ4v) is 2.10. The van der Waals surface area contributed by atoms with Crippen LogP contribution >= 0.6 is 34.8 Å². The number of hydrogen-bond acceptors (Lipinski definition) is 2. The summed E-state index contributed by atoms with van der Waals surface area (Å²) >= 11 is 17.5. The Morgan fingerprint density at radius 3 is 2.25 bits per heavy atom. The maximum Gasteiger partial charge on any atom is 0.319 e. The highest BCUT2D eigenvalue weighted by Crippen LogP contribution is 2.32. The summed E-state index contributed by atoms with van der Waals surface area (Å²) < 4.78 is 0. The molecule has 0 unspecified atom stereocenters. The van der Waals surface area contributed by atoms with Crippen LogP contribution < -0.4 is 10.6 Å². The molecule has 0 saturated carbocycles. The molecule has 0 aromatic heterocycles. The molecule has 0 saturated heterocycles. The van der Waals surface area contributed by atoms with Crippen molar-refractivity contribution in [2.24, 2.45) is 0 Å². The van der Waals surface area contributed by atoms with Crippen molar-refractivity contribution in [2.45, 2.75) is 25.8 Å². The third-order valence-corrected chi connectivity index (χ3v) is 3.34. The van der Waals surface area contributed by atoms with E-state index >= 15 is 0 Å². The summed E-state index contributed by atoms with van der Waals surface area (Å²) in [6.45, 7) is 3.19. The van der Waals surface area contributed by atoms with Gasteiger partial charge in [0.25, 0.3) is 0 Å². The first kappa shape index (κ1) is 16.9. The number of anilines is 1. The number of halogens is 3. The maximum absolute atomic E-state index is 11.8. The molecule has 2 amide bonds. The molecule has 1 rings (SSSR count). The lowest BCUT2D eigenvalue weighted by molar-refractivity contribution is -0.138. The first-order valence-electron chi connectivity index (χ1n) is 5.56. The lowest BCUT2D eigenvalue weighted by Gasteiger charge is -2.24. The third kappa shape index (κ3) is 5.07. The largest absolute Gasteiger partial charge is 0.481 e. The molecule has 0 fully saturated rings. The lowest BCUT2D eigenvalue weighted by Crippen LogP contribution is -2.46. The summed E-state index contributed by atoms with van der Waals surface area (Å²) in [5, 5.41) is 14.5. The van der Waals surface area contributed by atoms with E-state index in [1.807, 2.05) is 0 Å². The van der Waals surface area contributed by atoms with Crippen molar-refractivity contribution in [3.05, 3.63) is 27.2 Å². The number of carbonyl (C=O) groups is 2. The van der Waals surface area contributed by atoms with Gasteiger partial charge in [-0.25, -0.2) is 4.79 Å². The Balaban J connectivity index is 2.77. The van der Waals surface area contributed by atoms with Crippen LogP contribution in [0.15, 0.2) is 12.1 Å². The lowest BCUT2D eigenvalue weighted by atomic mass is 10.0. The van der Waals surface area contributed by atoms with E-state index < -0.39 is 17.5 Å². The fourth-order valence-electron chi connectivity index (χ4n) is 1.50. The highest BCUT2D eigenvalue weighted by atomic mass is 35.5. The Morgan fingerprint density at radius 1 is 1.15 bits per heavy atom. The summed E-state index contributed by atoms with van der Waals surface area (Å²) in [6.07, 6.45) is -0.213. The van der Waals surface area contributed by atoms with Gasteiger partial charge in [-0.05, 0) is 26.0 Å². The second-order valence-electron chi connectivity index (χ2n) is 4.78. The molecule has 0 heterocycles. The normalized spacial score (nSPS) is 11.1. The standard InChI is InChI=1S/C12H13Cl3N2O3/c1-12(2,5-10(18)19)17-11(20)16-9-4-7(14)6(13)3-8(9)15/h3-4H,5H2,1-2H3,(H,18,19)(H2,16,17,20). The smallest absolute Gasteiger partial charge is 0.319 e. The minimum Gasteiger partial charge on any atom is -0.481 e. The van der Waals surface area contributed by atoms with E-state index in [9.17, 15) is 9.59 Å². The molecular formula is C12H13Cl3N2O3. The Hall–Kier alpha value is -1.17. The predicted octanol–water partition coefficient (Wildman–Crippen LogP) is 4.02. The molecule has 3 N–H and O–H groups in total. The second kappa shape index (κ2) is 6.52. The first-order chi connectivity index (χ1) is 9.10. The third-order valence-electron chi connectivity index (χ3n) is 2.30. The molecule has 0 aliphatic rings. The molecule has 8 heteroatoms. The van der Waals surface area contributed by atoms with Crippen molar-refractivity contribution >= 4 is 52.5 Å². The Bertz CT molecular complexity index is 547. The second-order valence-corrected chi connectivity index (χ2v) is 6.00. The topological polar surface area (TPSA) is 78.4 Å². The van der Waals surface area contributed by atoms with E-state index in [0.717, 1.165) is 0 Å². The molecule has 0 aliphatic carbocycles. The summed E-state index contributed by atoms with van der Waals surface area (Å²) in [5.41, 5.74) is -0.622. The van der Waals surface area contributed by atoms with Crippen LogP contribution in [0.2, 0.25) is 15.1 Å². The predicted molar refractivity (Wildman–Crippen MR) is 80.0 cm³/mol. The van der Waals surface area contributed by atoms with Crippen LogP contribution in [0, 0.1) is 0 Å². The van der Waals surface area contributed by atoms with Gasteiger partial charge in [0.1, 0.15) is 0 Å². The summed E-state index contributed by atoms with van der Waals surface area (Å²) in [7, 11) is 0. The monoisotopic (exact) mass is 338 g/mol. The van der Waals surface area contributed by atoms with Crippen molar-refractivity contribution in [1.29, 1.82) is 0 Å². The van der Waals surface area contributed by atoms with Crippen molar-refractivity contribution in [3.8, 4) is 0 Å². The molecule has 0 aliphatic heterocycles. The number of carbonyl (C=O) groups excluding carboxylic acids is 1. The van der Waals surface area contributed by atoms with Gasteiger partial charge in [-0.1, -0.05) is 34.8 Å². The fraction of sp³-hybridized carbons (Fsp3) is 0.333. The van der Waals surface area contributed by atoms with E-state index in [4.69, 9.17) is 39.9 Å². The quantitative estimate of drug-likeness (QED) is 0.725. The number of aliphatic carboxylic acids is 1. The molecule has 20 heavy (non-hydrogen) atoms. The SMILES string of the molecule is CC(C)(CC(=O)O)NC(=O)Nc1cc(Cl)c(Cl)cc1Cl. The Kier molecular flexibility index (Phi) is 5.50. The van der Waals surface area contributed by atoms with Crippen molar-refractivity contribution in [1.82, 2.24) is 5.32 Å². The summed E-state index contributed by atoms with van der Waals surface area (Å²) in [6, 6.07) is 2.23. The summed E-state index contributed by atoms with van der Waals surface area (Å²) in [4.78, 5) is 22.5. The van der Waals surface area contributed by atoms with Crippen LogP contribution in [-0.4, -0.2) is 22.6 Å². The maximum atomic E-state index is 11.8. The molecule has 0 bridgehead atoms. The van der Waals surface area contributed by atoms with Gasteiger partial charge in [0.2, 0.25) is 0 Å². The van der Waals surface area contributed by atoms with E-state index in [1.54, 1.807) is 13.8 Å². The number of nitrogens with one attached hydrogen (secondary N) is 2. The first-order valence-corrected chi connectivity index (χ1v) is 6.69. The van der Waals surface area contributed by atoms with Crippen LogP contribution in [-0.2, 0) is 4.79 Å². The number of benzene rings is 1. The highest BCUT2D eigenvalue weighted by Gasteiger charge is 2.24. The molecular weight excluding hydrogens is 327 g/mol. The Morgan fingerprint density at radius 2 is 1.70 bits per heavy atom. The van der Waals surface area contributed by atoms with Crippen molar-refractivity contribution in [3.63, 3.8) is 0 Å². The van der Waals surface area contributed by atoms with Crippen molar-refractivity contribution in [2.75, 3.05) is 5.32 Å². The van der Waals surface area contributed by atoms with Gasteiger partial charge in [-0.15, -0.1) is 0 Å². The van der Waals surface area contributed by atoms with Crippen LogP contribution in [0.25, 0.3) is 0 Å². The van der Waals surface area contributed by atoms with Gasteiger partial charge in [0.05, 0.1) is 27.2 Å². The zero-order valence-corrected chi connectivity index (χ0v) is 13.0. The Labute approximate surface area is 131 Å². The van der Waals surface area contributed by atoms with E-state index in [2.05, 4.69) is 10.6 Å². The molecule has 110 valence electrons. The highest BCUT2D eigenvalue weighted by molar-refractivity contribution is 6.44. The van der Waals surface area contributed by atoms with E-state index in [0.29, 0.717) is 0 Å². The van der Waals surface area contributed by atoms with Gasteiger partial charge in [-0.3, -0.25) is 4.79 Å². The minimum atomic E-state index is -1.01. The number of hydrogen-bond donors (Lipinski definition) is 3. The van der Waals surface area contributed by atoms with Gasteiger partial charge >= 0.3 is 12.0 Å². The number of amides is 2. The van der Waals surface area contributed by atoms with Crippen molar-refractivity contribution < 1.29 is 14.7 Å². The molecule has 0 spiro atoms.